The van der Waals surface area contributed by atoms with Crippen molar-refractivity contribution in [3.8, 4) is 0 Å². The molecule has 1 aliphatic heterocycles. The van der Waals surface area contributed by atoms with E-state index in [9.17, 15) is 13.2 Å². The Labute approximate surface area is 104 Å². The fourth-order valence-electron chi connectivity index (χ4n) is 2.49. The smallest absolute Gasteiger partial charge is 0.396 e. The molecule has 1 aromatic rings. The highest BCUT2D eigenvalue weighted by atomic mass is 19.4. The largest absolute Gasteiger partial charge is 0.416 e. The lowest BCUT2D eigenvalue weighted by molar-refractivity contribution is -0.137. The SMILES string of the molecule is OCCC1CCCN1c1cccc(C(F)(F)F)c1. The molecule has 0 aliphatic carbocycles. The molecule has 1 saturated heterocycles. The van der Waals surface area contributed by atoms with Crippen LogP contribution in [0.4, 0.5) is 18.9 Å². The van der Waals surface area contributed by atoms with E-state index in [2.05, 4.69) is 0 Å². The molecule has 18 heavy (non-hydrogen) atoms. The quantitative estimate of drug-likeness (QED) is 0.901. The first-order valence-corrected chi connectivity index (χ1v) is 6.07. The Hall–Kier alpha value is -1.23. The molecule has 2 nitrogen and oxygen atoms in total. The van der Waals surface area contributed by atoms with Gasteiger partial charge in [-0.05, 0) is 37.5 Å². The summed E-state index contributed by atoms with van der Waals surface area (Å²) < 4.78 is 37.9. The first kappa shape index (κ1) is 13.2. The van der Waals surface area contributed by atoms with Crippen LogP contribution in [-0.2, 0) is 6.18 Å². The number of aliphatic hydroxyl groups excluding tert-OH is 1. The Morgan fingerprint density at radius 3 is 2.78 bits per heavy atom. The van der Waals surface area contributed by atoms with Crippen LogP contribution in [0.3, 0.4) is 0 Å². The van der Waals surface area contributed by atoms with E-state index in [1.165, 1.54) is 12.1 Å². The van der Waals surface area contributed by atoms with Crippen molar-refractivity contribution in [2.75, 3.05) is 18.1 Å². The molecule has 0 saturated carbocycles. The zero-order valence-electron chi connectivity index (χ0n) is 9.95. The Bertz CT molecular complexity index is 405. The van der Waals surface area contributed by atoms with Crippen molar-refractivity contribution < 1.29 is 18.3 Å². The summed E-state index contributed by atoms with van der Waals surface area (Å²) in [6.07, 6.45) is -1.81. The van der Waals surface area contributed by atoms with E-state index in [4.69, 9.17) is 5.11 Å². The van der Waals surface area contributed by atoms with Crippen molar-refractivity contribution in [3.05, 3.63) is 29.8 Å². The summed E-state index contributed by atoms with van der Waals surface area (Å²) in [4.78, 5) is 1.96. The van der Waals surface area contributed by atoms with Crippen LogP contribution in [0.5, 0.6) is 0 Å². The van der Waals surface area contributed by atoms with Crippen LogP contribution in [0, 0.1) is 0 Å². The van der Waals surface area contributed by atoms with Crippen LogP contribution in [0.25, 0.3) is 0 Å². The number of hydrogen-bond donors (Lipinski definition) is 1. The Balaban J connectivity index is 2.22. The molecule has 0 spiro atoms. The summed E-state index contributed by atoms with van der Waals surface area (Å²) in [5, 5.41) is 8.97. The normalized spacial score (nSPS) is 20.4. The summed E-state index contributed by atoms with van der Waals surface area (Å²) in [6, 6.07) is 5.56. The topological polar surface area (TPSA) is 23.5 Å². The van der Waals surface area contributed by atoms with Crippen molar-refractivity contribution in [2.45, 2.75) is 31.5 Å². The van der Waals surface area contributed by atoms with Gasteiger partial charge in [-0.3, -0.25) is 0 Å². The zero-order valence-corrected chi connectivity index (χ0v) is 9.95. The fraction of sp³-hybridized carbons (Fsp3) is 0.538. The highest BCUT2D eigenvalue weighted by Gasteiger charge is 2.32. The molecule has 1 atom stereocenters. The summed E-state index contributed by atoms with van der Waals surface area (Å²) >= 11 is 0. The third-order valence-electron chi connectivity index (χ3n) is 3.34. The van der Waals surface area contributed by atoms with E-state index in [0.29, 0.717) is 12.1 Å². The number of anilines is 1. The predicted octanol–water partition coefficient (Wildman–Crippen LogP) is 3.06. The lowest BCUT2D eigenvalue weighted by atomic mass is 10.1. The van der Waals surface area contributed by atoms with Gasteiger partial charge in [0.05, 0.1) is 5.56 Å². The van der Waals surface area contributed by atoms with Gasteiger partial charge in [-0.25, -0.2) is 0 Å². The van der Waals surface area contributed by atoms with Gasteiger partial charge in [-0.2, -0.15) is 13.2 Å². The predicted molar refractivity (Wildman–Crippen MR) is 63.5 cm³/mol. The van der Waals surface area contributed by atoms with Gasteiger partial charge in [-0.15, -0.1) is 0 Å². The zero-order chi connectivity index (χ0) is 13.2. The van der Waals surface area contributed by atoms with Gasteiger partial charge in [0.25, 0.3) is 0 Å². The molecule has 0 bridgehead atoms. The lowest BCUT2D eigenvalue weighted by Crippen LogP contribution is -2.30. The Kier molecular flexibility index (Phi) is 3.80. The van der Waals surface area contributed by atoms with Crippen LogP contribution >= 0.6 is 0 Å². The average Bonchev–Trinajstić information content (AvgIpc) is 2.77. The maximum atomic E-state index is 12.6. The Morgan fingerprint density at radius 1 is 1.33 bits per heavy atom. The van der Waals surface area contributed by atoms with E-state index in [1.807, 2.05) is 4.90 Å². The third-order valence-corrected chi connectivity index (χ3v) is 3.34. The van der Waals surface area contributed by atoms with Crippen molar-refractivity contribution in [1.82, 2.24) is 0 Å². The molecule has 0 aromatic heterocycles. The van der Waals surface area contributed by atoms with Crippen molar-refractivity contribution >= 4 is 5.69 Å². The molecule has 1 N–H and O–H groups in total. The van der Waals surface area contributed by atoms with Gasteiger partial charge in [0.2, 0.25) is 0 Å². The molecule has 5 heteroatoms. The van der Waals surface area contributed by atoms with Gasteiger partial charge in [0.15, 0.2) is 0 Å². The summed E-state index contributed by atoms with van der Waals surface area (Å²) in [5.74, 6) is 0. The van der Waals surface area contributed by atoms with Crippen LogP contribution < -0.4 is 4.90 Å². The number of nitrogens with zero attached hydrogens (tertiary/aromatic N) is 1. The number of benzene rings is 1. The number of alkyl halides is 3. The maximum absolute atomic E-state index is 12.6. The molecule has 0 radical (unpaired) electrons. The standard InChI is InChI=1S/C13H16F3NO/c14-13(15,16)10-3-1-4-12(9-10)17-7-2-5-11(17)6-8-18/h1,3-4,9,11,18H,2,5-8H2. The second kappa shape index (κ2) is 5.18. The maximum Gasteiger partial charge on any atom is 0.416 e. The fourth-order valence-corrected chi connectivity index (χ4v) is 2.49. The van der Waals surface area contributed by atoms with Gasteiger partial charge in [0, 0.05) is 24.9 Å². The second-order valence-electron chi connectivity index (χ2n) is 4.55. The highest BCUT2D eigenvalue weighted by Crippen LogP contribution is 2.34. The van der Waals surface area contributed by atoms with E-state index in [-0.39, 0.29) is 12.6 Å². The first-order valence-electron chi connectivity index (χ1n) is 6.07. The van der Waals surface area contributed by atoms with Crippen LogP contribution in [0.1, 0.15) is 24.8 Å². The summed E-state index contributed by atoms with van der Waals surface area (Å²) in [5.41, 5.74) is -0.0181. The molecule has 2 rings (SSSR count). The highest BCUT2D eigenvalue weighted by molar-refractivity contribution is 5.51. The molecule has 1 aliphatic rings. The van der Waals surface area contributed by atoms with Crippen LogP contribution in [-0.4, -0.2) is 24.3 Å². The molecule has 1 aromatic carbocycles. The first-order chi connectivity index (χ1) is 8.52. The third kappa shape index (κ3) is 2.77. The molecular formula is C13H16F3NO. The summed E-state index contributed by atoms with van der Waals surface area (Å²) in [7, 11) is 0. The number of halogens is 3. The van der Waals surface area contributed by atoms with Gasteiger partial charge in [-0.1, -0.05) is 6.07 Å². The van der Waals surface area contributed by atoms with Crippen LogP contribution in [0.15, 0.2) is 24.3 Å². The monoisotopic (exact) mass is 259 g/mol. The minimum Gasteiger partial charge on any atom is -0.396 e. The van der Waals surface area contributed by atoms with Crippen molar-refractivity contribution in [3.63, 3.8) is 0 Å². The molecule has 100 valence electrons. The Morgan fingerprint density at radius 2 is 2.11 bits per heavy atom. The lowest BCUT2D eigenvalue weighted by Gasteiger charge is -2.27. The average molecular weight is 259 g/mol. The van der Waals surface area contributed by atoms with Crippen molar-refractivity contribution in [2.24, 2.45) is 0 Å². The van der Waals surface area contributed by atoms with E-state index < -0.39 is 11.7 Å². The summed E-state index contributed by atoms with van der Waals surface area (Å²) in [6.45, 7) is 0.826. The molecule has 0 amide bonds. The van der Waals surface area contributed by atoms with Gasteiger partial charge >= 0.3 is 6.18 Å². The van der Waals surface area contributed by atoms with Crippen molar-refractivity contribution in [1.29, 1.82) is 0 Å². The van der Waals surface area contributed by atoms with E-state index in [0.717, 1.165) is 25.5 Å². The molecule has 1 fully saturated rings. The molecule has 1 heterocycles. The van der Waals surface area contributed by atoms with E-state index >= 15 is 0 Å². The molecule has 1 unspecified atom stereocenters. The second-order valence-corrected chi connectivity index (χ2v) is 4.55. The number of rotatable bonds is 3. The van der Waals surface area contributed by atoms with E-state index in [1.54, 1.807) is 6.07 Å². The number of aliphatic hydroxyl groups is 1. The minimum atomic E-state index is -4.30. The van der Waals surface area contributed by atoms with Gasteiger partial charge in [0.1, 0.15) is 0 Å². The molecular weight excluding hydrogens is 243 g/mol. The van der Waals surface area contributed by atoms with Crippen LogP contribution in [0.2, 0.25) is 0 Å². The van der Waals surface area contributed by atoms with Gasteiger partial charge < -0.3 is 10.0 Å². The minimum absolute atomic E-state index is 0.0696. The number of hydrogen-bond acceptors (Lipinski definition) is 2.